The van der Waals surface area contributed by atoms with E-state index in [2.05, 4.69) is 0 Å². The van der Waals surface area contributed by atoms with Crippen LogP contribution in [0.5, 0.6) is 0 Å². The normalized spacial score (nSPS) is 20.4. The maximum Gasteiger partial charge on any atom is 0.128 e. The van der Waals surface area contributed by atoms with Crippen LogP contribution < -0.4 is 5.73 Å². The molecule has 2 rings (SSSR count). The van der Waals surface area contributed by atoms with Gasteiger partial charge >= 0.3 is 0 Å². The molecule has 0 heterocycles. The largest absolute Gasteiger partial charge is 0.373 e. The van der Waals surface area contributed by atoms with Crippen molar-refractivity contribution in [1.82, 2.24) is 0 Å². The molecule has 1 unspecified atom stereocenters. The molecule has 0 radical (unpaired) electrons. The topological polar surface area (TPSA) is 35.2 Å². The minimum absolute atomic E-state index is 0.223. The molecule has 112 valence electrons. The Labute approximate surface area is 119 Å². The van der Waals surface area contributed by atoms with Crippen LogP contribution in [0.1, 0.15) is 57.1 Å². The van der Waals surface area contributed by atoms with E-state index in [1.54, 1.807) is 0 Å². The molecule has 1 aliphatic rings. The zero-order valence-corrected chi connectivity index (χ0v) is 12.0. The molecule has 0 aliphatic heterocycles. The van der Waals surface area contributed by atoms with Gasteiger partial charge in [0.15, 0.2) is 0 Å². The summed E-state index contributed by atoms with van der Waals surface area (Å²) >= 11 is 0. The average molecular weight is 283 g/mol. The molecule has 0 amide bonds. The Morgan fingerprint density at radius 2 is 1.85 bits per heavy atom. The molecule has 1 atom stereocenters. The Morgan fingerprint density at radius 1 is 1.20 bits per heavy atom. The molecule has 0 bridgehead atoms. The van der Waals surface area contributed by atoms with Crippen molar-refractivity contribution in [1.29, 1.82) is 0 Å². The van der Waals surface area contributed by atoms with Crippen LogP contribution in [0, 0.1) is 11.6 Å². The Balaban J connectivity index is 2.34. The lowest BCUT2D eigenvalue weighted by Crippen LogP contribution is -2.44. The third-order valence-electron chi connectivity index (χ3n) is 4.24. The second-order valence-electron chi connectivity index (χ2n) is 5.56. The van der Waals surface area contributed by atoms with Gasteiger partial charge in [0.25, 0.3) is 0 Å². The highest BCUT2D eigenvalue weighted by Crippen LogP contribution is 2.40. The molecule has 0 saturated heterocycles. The van der Waals surface area contributed by atoms with Crippen LogP contribution in [-0.2, 0) is 4.74 Å². The van der Waals surface area contributed by atoms with E-state index in [-0.39, 0.29) is 5.56 Å². The smallest absolute Gasteiger partial charge is 0.128 e. The fraction of sp³-hybridized carbons (Fsp3) is 0.625. The van der Waals surface area contributed by atoms with Crippen LogP contribution in [0.2, 0.25) is 0 Å². The van der Waals surface area contributed by atoms with E-state index in [4.69, 9.17) is 10.5 Å². The van der Waals surface area contributed by atoms with Crippen molar-refractivity contribution in [3.05, 3.63) is 35.4 Å². The number of benzene rings is 1. The van der Waals surface area contributed by atoms with Crippen molar-refractivity contribution in [3.8, 4) is 0 Å². The third kappa shape index (κ3) is 3.18. The first kappa shape index (κ1) is 15.4. The van der Waals surface area contributed by atoms with E-state index in [0.717, 1.165) is 50.7 Å². The summed E-state index contributed by atoms with van der Waals surface area (Å²) < 4.78 is 33.3. The summed E-state index contributed by atoms with van der Waals surface area (Å²) in [6, 6.07) is 2.83. The van der Waals surface area contributed by atoms with Crippen LogP contribution >= 0.6 is 0 Å². The SMILES string of the molecule is CCOC1(C(N)c2cc(F)ccc2F)CCCCCC1. The summed E-state index contributed by atoms with van der Waals surface area (Å²) in [7, 11) is 0. The van der Waals surface area contributed by atoms with Gasteiger partial charge in [-0.05, 0) is 38.0 Å². The van der Waals surface area contributed by atoms with Crippen molar-refractivity contribution < 1.29 is 13.5 Å². The average Bonchev–Trinajstić information content (AvgIpc) is 2.68. The minimum Gasteiger partial charge on any atom is -0.373 e. The summed E-state index contributed by atoms with van der Waals surface area (Å²) in [6.45, 7) is 2.45. The monoisotopic (exact) mass is 283 g/mol. The zero-order chi connectivity index (χ0) is 14.6. The predicted molar refractivity (Wildman–Crippen MR) is 75.3 cm³/mol. The lowest BCUT2D eigenvalue weighted by atomic mass is 9.82. The lowest BCUT2D eigenvalue weighted by Gasteiger charge is -2.38. The quantitative estimate of drug-likeness (QED) is 0.845. The Hall–Kier alpha value is -1.00. The van der Waals surface area contributed by atoms with Gasteiger partial charge in [-0.2, -0.15) is 0 Å². The fourth-order valence-electron chi connectivity index (χ4n) is 3.20. The highest BCUT2D eigenvalue weighted by molar-refractivity contribution is 5.25. The number of ether oxygens (including phenoxy) is 1. The van der Waals surface area contributed by atoms with Crippen LogP contribution in [0.4, 0.5) is 8.78 Å². The van der Waals surface area contributed by atoms with Gasteiger partial charge in [0.1, 0.15) is 11.6 Å². The van der Waals surface area contributed by atoms with Gasteiger partial charge in [-0.25, -0.2) is 8.78 Å². The van der Waals surface area contributed by atoms with Gasteiger partial charge in [0.2, 0.25) is 0 Å². The van der Waals surface area contributed by atoms with Gasteiger partial charge in [-0.1, -0.05) is 25.7 Å². The van der Waals surface area contributed by atoms with Crippen molar-refractivity contribution in [2.75, 3.05) is 6.61 Å². The molecule has 2 nitrogen and oxygen atoms in total. The van der Waals surface area contributed by atoms with Gasteiger partial charge in [0, 0.05) is 12.2 Å². The van der Waals surface area contributed by atoms with Crippen LogP contribution in [0.25, 0.3) is 0 Å². The van der Waals surface area contributed by atoms with Gasteiger partial charge in [-0.15, -0.1) is 0 Å². The molecule has 0 aromatic heterocycles. The molecule has 1 aromatic rings. The molecule has 1 saturated carbocycles. The third-order valence-corrected chi connectivity index (χ3v) is 4.24. The molecular formula is C16H23F2NO. The highest BCUT2D eigenvalue weighted by Gasteiger charge is 2.39. The second-order valence-corrected chi connectivity index (χ2v) is 5.56. The maximum absolute atomic E-state index is 14.0. The molecule has 1 fully saturated rings. The zero-order valence-electron chi connectivity index (χ0n) is 12.0. The highest BCUT2D eigenvalue weighted by atomic mass is 19.1. The van der Waals surface area contributed by atoms with E-state index in [1.807, 2.05) is 6.92 Å². The summed E-state index contributed by atoms with van der Waals surface area (Å²) in [5.74, 6) is -0.917. The van der Waals surface area contributed by atoms with E-state index in [0.29, 0.717) is 6.61 Å². The summed E-state index contributed by atoms with van der Waals surface area (Å²) in [5, 5.41) is 0. The number of rotatable bonds is 4. The number of nitrogens with two attached hydrogens (primary N) is 1. The van der Waals surface area contributed by atoms with E-state index >= 15 is 0 Å². The Bertz CT molecular complexity index is 442. The van der Waals surface area contributed by atoms with Crippen molar-refractivity contribution >= 4 is 0 Å². The van der Waals surface area contributed by atoms with E-state index in [1.165, 1.54) is 6.07 Å². The lowest BCUT2D eigenvalue weighted by molar-refractivity contribution is -0.0702. The van der Waals surface area contributed by atoms with E-state index < -0.39 is 23.3 Å². The first-order valence-corrected chi connectivity index (χ1v) is 7.43. The second kappa shape index (κ2) is 6.64. The minimum atomic E-state index is -0.628. The number of halogens is 2. The standard InChI is InChI=1S/C16H23F2NO/c1-2-20-16(9-5-3-4-6-10-16)15(19)13-11-12(17)7-8-14(13)18/h7-8,11,15H,2-6,9-10,19H2,1H3. The van der Waals surface area contributed by atoms with Crippen molar-refractivity contribution in [3.63, 3.8) is 0 Å². The molecule has 1 aromatic carbocycles. The predicted octanol–water partition coefficient (Wildman–Crippen LogP) is 4.09. The van der Waals surface area contributed by atoms with Crippen molar-refractivity contribution in [2.24, 2.45) is 5.73 Å². The van der Waals surface area contributed by atoms with Gasteiger partial charge < -0.3 is 10.5 Å². The molecular weight excluding hydrogens is 260 g/mol. The maximum atomic E-state index is 14.0. The summed E-state index contributed by atoms with van der Waals surface area (Å²) in [5.41, 5.74) is 5.95. The molecule has 20 heavy (non-hydrogen) atoms. The number of hydrogen-bond acceptors (Lipinski definition) is 2. The molecule has 0 spiro atoms. The molecule has 4 heteroatoms. The summed E-state index contributed by atoms with van der Waals surface area (Å²) in [6.07, 6.45) is 5.94. The van der Waals surface area contributed by atoms with Crippen LogP contribution in [-0.4, -0.2) is 12.2 Å². The van der Waals surface area contributed by atoms with Gasteiger partial charge in [0.05, 0.1) is 11.6 Å². The van der Waals surface area contributed by atoms with Crippen molar-refractivity contribution in [2.45, 2.75) is 57.1 Å². The summed E-state index contributed by atoms with van der Waals surface area (Å²) in [4.78, 5) is 0. The van der Waals surface area contributed by atoms with Gasteiger partial charge in [-0.3, -0.25) is 0 Å². The molecule has 2 N–H and O–H groups in total. The van der Waals surface area contributed by atoms with E-state index in [9.17, 15) is 8.78 Å². The molecule has 1 aliphatic carbocycles. The Morgan fingerprint density at radius 3 is 2.45 bits per heavy atom. The van der Waals surface area contributed by atoms with Crippen LogP contribution in [0.3, 0.4) is 0 Å². The first-order valence-electron chi connectivity index (χ1n) is 7.43. The fourth-order valence-corrected chi connectivity index (χ4v) is 3.20. The Kier molecular flexibility index (Phi) is 5.11. The number of hydrogen-bond donors (Lipinski definition) is 1. The van der Waals surface area contributed by atoms with Crippen LogP contribution in [0.15, 0.2) is 18.2 Å². The first-order chi connectivity index (χ1) is 9.59.